The topological polar surface area (TPSA) is 138 Å². The number of aliphatic hydroxyl groups excluding tert-OH is 2. The second kappa shape index (κ2) is 6.27. The summed E-state index contributed by atoms with van der Waals surface area (Å²) in [5.74, 6) is -3.71. The maximum absolute atomic E-state index is 15.0. The molecule has 0 aromatic carbocycles. The second-order valence-corrected chi connectivity index (χ2v) is 7.39. The number of hydrogen-bond acceptors (Lipinski definition) is 7. The lowest BCUT2D eigenvalue weighted by atomic mass is 10.0. The molecule has 0 radical (unpaired) electrons. The van der Waals surface area contributed by atoms with Crippen LogP contribution in [0.5, 0.6) is 0 Å². The summed E-state index contributed by atoms with van der Waals surface area (Å²) in [4.78, 5) is 23.8. The van der Waals surface area contributed by atoms with Crippen LogP contribution in [0.3, 0.4) is 0 Å². The first-order chi connectivity index (χ1) is 12.5. The van der Waals surface area contributed by atoms with Crippen LogP contribution >= 0.6 is 0 Å². The molecule has 3 rings (SSSR count). The fourth-order valence-corrected chi connectivity index (χ4v) is 3.23. The van der Waals surface area contributed by atoms with Gasteiger partial charge in [0.2, 0.25) is 0 Å². The van der Waals surface area contributed by atoms with Crippen LogP contribution in [0.1, 0.15) is 32.4 Å². The van der Waals surface area contributed by atoms with Crippen molar-refractivity contribution >= 4 is 22.9 Å². The van der Waals surface area contributed by atoms with Gasteiger partial charge in [-0.1, -0.05) is 0 Å². The Morgan fingerprint density at radius 2 is 2.11 bits per heavy atom. The highest BCUT2D eigenvalue weighted by Gasteiger charge is 2.64. The highest BCUT2D eigenvalue weighted by molar-refractivity contribution is 5.88. The van der Waals surface area contributed by atoms with Gasteiger partial charge in [0, 0.05) is 11.8 Å². The fourth-order valence-electron chi connectivity index (χ4n) is 3.23. The van der Waals surface area contributed by atoms with Crippen molar-refractivity contribution in [1.82, 2.24) is 19.9 Å². The molecule has 1 aliphatic rings. The molecular formula is C16H21F2N5O4. The number of aromatic amines is 1. The molecule has 0 unspecified atom stereocenters. The van der Waals surface area contributed by atoms with Crippen LogP contribution in [0.15, 0.2) is 12.5 Å². The lowest BCUT2D eigenvalue weighted by Gasteiger charge is -2.32. The molecule has 0 saturated carbocycles. The zero-order valence-corrected chi connectivity index (χ0v) is 15.0. The molecule has 148 valence electrons. The predicted molar refractivity (Wildman–Crippen MR) is 90.9 cm³/mol. The quantitative estimate of drug-likeness (QED) is 0.609. The summed E-state index contributed by atoms with van der Waals surface area (Å²) in [6.45, 7) is 3.88. The molecule has 1 saturated heterocycles. The van der Waals surface area contributed by atoms with Gasteiger partial charge >= 0.3 is 6.09 Å². The van der Waals surface area contributed by atoms with E-state index < -0.39 is 42.4 Å². The standard InChI is InChI=1S/C16H21F2N5O4/c1-15(2,3)27-14(26)23-8(5-24)12(25)16(17,18)11(23)7-4-20-10-9(7)21-6-22-13(10)19/h4,6,8,11-12,20,24-25H,5H2,1-3H3,(H2,19,21,22)/t8-,11+,12-/m1/s1. The van der Waals surface area contributed by atoms with Gasteiger partial charge in [0.25, 0.3) is 5.92 Å². The zero-order chi connectivity index (χ0) is 20.1. The van der Waals surface area contributed by atoms with Gasteiger partial charge in [-0.3, -0.25) is 4.90 Å². The number of aliphatic hydroxyl groups is 2. The third-order valence-corrected chi connectivity index (χ3v) is 4.37. The van der Waals surface area contributed by atoms with E-state index in [2.05, 4.69) is 15.0 Å². The number of H-pyrrole nitrogens is 1. The molecule has 2 aromatic heterocycles. The number of nitrogens with one attached hydrogen (secondary N) is 1. The number of hydrogen-bond donors (Lipinski definition) is 4. The molecule has 0 bridgehead atoms. The number of nitrogens with zero attached hydrogens (tertiary/aromatic N) is 3. The Morgan fingerprint density at radius 3 is 2.70 bits per heavy atom. The third kappa shape index (κ3) is 3.06. The van der Waals surface area contributed by atoms with Gasteiger partial charge in [0.1, 0.15) is 29.6 Å². The van der Waals surface area contributed by atoms with E-state index in [1.807, 2.05) is 0 Å². The number of halogens is 2. The lowest BCUT2D eigenvalue weighted by molar-refractivity contribution is -0.105. The Morgan fingerprint density at radius 1 is 1.44 bits per heavy atom. The number of anilines is 1. The molecule has 1 amide bonds. The van der Waals surface area contributed by atoms with Crippen molar-refractivity contribution in [2.75, 3.05) is 12.3 Å². The summed E-state index contributed by atoms with van der Waals surface area (Å²) >= 11 is 0. The van der Waals surface area contributed by atoms with Crippen molar-refractivity contribution in [3.8, 4) is 0 Å². The first-order valence-corrected chi connectivity index (χ1v) is 8.24. The summed E-state index contributed by atoms with van der Waals surface area (Å²) in [7, 11) is 0. The number of carbonyl (C=O) groups excluding carboxylic acids is 1. The molecule has 11 heteroatoms. The first kappa shape index (κ1) is 19.2. The number of ether oxygens (including phenoxy) is 1. The van der Waals surface area contributed by atoms with Crippen molar-refractivity contribution in [2.24, 2.45) is 0 Å². The first-order valence-electron chi connectivity index (χ1n) is 8.24. The van der Waals surface area contributed by atoms with Gasteiger partial charge in [0.15, 0.2) is 5.82 Å². The van der Waals surface area contributed by atoms with Crippen molar-refractivity contribution in [3.05, 3.63) is 18.1 Å². The number of aromatic nitrogens is 3. The zero-order valence-electron chi connectivity index (χ0n) is 15.0. The molecule has 9 nitrogen and oxygen atoms in total. The number of rotatable bonds is 2. The van der Waals surface area contributed by atoms with E-state index >= 15 is 0 Å². The number of likely N-dealkylation sites (tertiary alicyclic amines) is 1. The van der Waals surface area contributed by atoms with Crippen LogP contribution in [0.2, 0.25) is 0 Å². The number of nitrogen functional groups attached to an aromatic ring is 1. The van der Waals surface area contributed by atoms with E-state index in [1.54, 1.807) is 20.8 Å². The van der Waals surface area contributed by atoms with E-state index in [4.69, 9.17) is 10.5 Å². The van der Waals surface area contributed by atoms with Gasteiger partial charge in [-0.25, -0.2) is 23.5 Å². The monoisotopic (exact) mass is 385 g/mol. The van der Waals surface area contributed by atoms with Gasteiger partial charge in [-0.15, -0.1) is 0 Å². The molecule has 2 aromatic rings. The number of nitrogens with two attached hydrogens (primary N) is 1. The minimum Gasteiger partial charge on any atom is -0.444 e. The Labute approximate surface area is 153 Å². The lowest BCUT2D eigenvalue weighted by Crippen LogP contribution is -2.45. The van der Waals surface area contributed by atoms with E-state index in [-0.39, 0.29) is 22.4 Å². The number of amides is 1. The van der Waals surface area contributed by atoms with Gasteiger partial charge in [0.05, 0.1) is 18.2 Å². The highest BCUT2D eigenvalue weighted by atomic mass is 19.3. The van der Waals surface area contributed by atoms with Crippen LogP contribution in [-0.4, -0.2) is 66.4 Å². The smallest absolute Gasteiger partial charge is 0.411 e. The summed E-state index contributed by atoms with van der Waals surface area (Å²) in [6.07, 6.45) is -1.03. The second-order valence-electron chi connectivity index (χ2n) is 7.39. The van der Waals surface area contributed by atoms with Crippen LogP contribution in [0, 0.1) is 0 Å². The van der Waals surface area contributed by atoms with E-state index in [0.29, 0.717) is 4.90 Å². The average Bonchev–Trinajstić information content (AvgIpc) is 3.05. The Balaban J connectivity index is 2.16. The molecule has 0 aliphatic carbocycles. The molecule has 1 fully saturated rings. The van der Waals surface area contributed by atoms with Crippen LogP contribution in [0.4, 0.5) is 19.4 Å². The minimum absolute atomic E-state index is 0.0515. The van der Waals surface area contributed by atoms with Crippen LogP contribution < -0.4 is 5.73 Å². The molecule has 3 heterocycles. The van der Waals surface area contributed by atoms with E-state index in [9.17, 15) is 23.8 Å². The Hall–Kier alpha value is -2.53. The maximum Gasteiger partial charge on any atom is 0.411 e. The fraction of sp³-hybridized carbons (Fsp3) is 0.562. The van der Waals surface area contributed by atoms with Gasteiger partial charge in [-0.05, 0) is 20.8 Å². The molecule has 27 heavy (non-hydrogen) atoms. The maximum atomic E-state index is 15.0. The van der Waals surface area contributed by atoms with Gasteiger partial charge in [-0.2, -0.15) is 0 Å². The van der Waals surface area contributed by atoms with Crippen molar-refractivity contribution in [1.29, 1.82) is 0 Å². The molecule has 3 atom stereocenters. The Kier molecular flexibility index (Phi) is 4.47. The molecule has 5 N–H and O–H groups in total. The molecule has 1 aliphatic heterocycles. The van der Waals surface area contributed by atoms with E-state index in [1.165, 1.54) is 6.20 Å². The normalized spacial score (nSPS) is 25.1. The molecule has 0 spiro atoms. The number of alkyl halides is 2. The third-order valence-electron chi connectivity index (χ3n) is 4.37. The largest absolute Gasteiger partial charge is 0.444 e. The summed E-state index contributed by atoms with van der Waals surface area (Å²) in [5.41, 5.74) is 5.02. The SMILES string of the molecule is CC(C)(C)OC(=O)N1[C@H](CO)[C@@H](O)C(F)(F)[C@@H]1c1c[nH]c2c(N)ncnc12. The van der Waals surface area contributed by atoms with Gasteiger partial charge < -0.3 is 25.7 Å². The number of carbonyl (C=O) groups is 1. The van der Waals surface area contributed by atoms with Crippen molar-refractivity contribution < 1.29 is 28.5 Å². The van der Waals surface area contributed by atoms with Crippen molar-refractivity contribution in [2.45, 2.75) is 50.5 Å². The predicted octanol–water partition coefficient (Wildman–Crippen LogP) is 1.19. The summed E-state index contributed by atoms with van der Waals surface area (Å²) in [5, 5.41) is 19.7. The summed E-state index contributed by atoms with van der Waals surface area (Å²) < 4.78 is 35.2. The average molecular weight is 385 g/mol. The van der Waals surface area contributed by atoms with E-state index in [0.717, 1.165) is 6.33 Å². The Bertz CT molecular complexity index is 866. The molecular weight excluding hydrogens is 364 g/mol. The number of fused-ring (bicyclic) bond motifs is 1. The van der Waals surface area contributed by atoms with Crippen LogP contribution in [-0.2, 0) is 4.74 Å². The summed E-state index contributed by atoms with van der Waals surface area (Å²) in [6, 6.07) is -3.47. The minimum atomic E-state index is -3.76. The highest BCUT2D eigenvalue weighted by Crippen LogP contribution is 2.49. The van der Waals surface area contributed by atoms with Crippen LogP contribution in [0.25, 0.3) is 11.0 Å². The van der Waals surface area contributed by atoms with Crippen molar-refractivity contribution in [3.63, 3.8) is 0 Å².